The summed E-state index contributed by atoms with van der Waals surface area (Å²) in [5.74, 6) is -1.72. The van der Waals surface area contributed by atoms with Crippen LogP contribution in [0.25, 0.3) is 0 Å². The van der Waals surface area contributed by atoms with Gasteiger partial charge in [-0.2, -0.15) is 23.3 Å². The largest absolute Gasteiger partial charge is 0.438 e. The molecule has 2 heterocycles. The maximum Gasteiger partial charge on any atom is 0.438 e. The van der Waals surface area contributed by atoms with Crippen molar-refractivity contribution in [2.24, 2.45) is 5.10 Å². The highest BCUT2D eigenvalue weighted by Crippen LogP contribution is 2.41. The first-order valence-electron chi connectivity index (χ1n) is 7.09. The Balaban J connectivity index is 2.04. The van der Waals surface area contributed by atoms with Crippen LogP contribution >= 0.6 is 0 Å². The number of carbonyl (C=O) groups is 1. The monoisotopic (exact) mass is 353 g/mol. The van der Waals surface area contributed by atoms with Gasteiger partial charge in [0.15, 0.2) is 0 Å². The summed E-state index contributed by atoms with van der Waals surface area (Å²) in [5.41, 5.74) is -3.67. The molecule has 1 aromatic carbocycles. The molecule has 9 heteroatoms. The van der Waals surface area contributed by atoms with Gasteiger partial charge in [-0.25, -0.2) is 4.39 Å². The summed E-state index contributed by atoms with van der Waals surface area (Å²) in [7, 11) is 0. The maximum atomic E-state index is 13.4. The van der Waals surface area contributed by atoms with Crippen LogP contribution in [0.1, 0.15) is 22.3 Å². The van der Waals surface area contributed by atoms with E-state index in [2.05, 4.69) is 10.1 Å². The predicted octanol–water partition coefficient (Wildman–Crippen LogP) is 2.72. The topological polar surface area (TPSA) is 65.8 Å². The molecular weight excluding hydrogens is 342 g/mol. The van der Waals surface area contributed by atoms with Crippen molar-refractivity contribution in [2.45, 2.75) is 18.3 Å². The second-order valence-electron chi connectivity index (χ2n) is 5.40. The van der Waals surface area contributed by atoms with Crippen LogP contribution < -0.4 is 0 Å². The summed E-state index contributed by atoms with van der Waals surface area (Å²) >= 11 is 0. The summed E-state index contributed by atoms with van der Waals surface area (Å²) in [6.45, 7) is 0. The average molecular weight is 353 g/mol. The Morgan fingerprint density at radius 2 is 1.88 bits per heavy atom. The van der Waals surface area contributed by atoms with E-state index in [0.717, 1.165) is 18.3 Å². The van der Waals surface area contributed by atoms with Crippen molar-refractivity contribution in [1.29, 1.82) is 0 Å². The lowest BCUT2D eigenvalue weighted by atomic mass is 10.0. The van der Waals surface area contributed by atoms with Gasteiger partial charge in [-0.3, -0.25) is 9.78 Å². The van der Waals surface area contributed by atoms with Gasteiger partial charge < -0.3 is 5.11 Å². The number of halogens is 4. The molecule has 0 saturated carbocycles. The Morgan fingerprint density at radius 1 is 1.20 bits per heavy atom. The molecule has 0 radical (unpaired) electrons. The molecule has 0 fully saturated rings. The predicted molar refractivity (Wildman–Crippen MR) is 79.0 cm³/mol. The van der Waals surface area contributed by atoms with E-state index < -0.39 is 30.0 Å². The molecule has 1 aliphatic heterocycles. The smallest absolute Gasteiger partial charge is 0.362 e. The van der Waals surface area contributed by atoms with Gasteiger partial charge in [-0.15, -0.1) is 0 Å². The van der Waals surface area contributed by atoms with Crippen LogP contribution in [0.4, 0.5) is 17.6 Å². The molecule has 0 aliphatic carbocycles. The molecule has 25 heavy (non-hydrogen) atoms. The van der Waals surface area contributed by atoms with Crippen LogP contribution in [0, 0.1) is 5.82 Å². The summed E-state index contributed by atoms with van der Waals surface area (Å²) in [6, 6.07) is 7.19. The van der Waals surface area contributed by atoms with Gasteiger partial charge in [0.25, 0.3) is 11.6 Å². The Bertz CT molecular complexity index is 822. The van der Waals surface area contributed by atoms with Gasteiger partial charge in [-0.05, 0) is 29.8 Å². The highest BCUT2D eigenvalue weighted by Gasteiger charge is 2.63. The Kier molecular flexibility index (Phi) is 4.03. The van der Waals surface area contributed by atoms with Crippen molar-refractivity contribution in [3.05, 3.63) is 65.7 Å². The number of hydrazone groups is 1. The second-order valence-corrected chi connectivity index (χ2v) is 5.40. The third-order valence-electron chi connectivity index (χ3n) is 3.72. The molecule has 1 aliphatic rings. The van der Waals surface area contributed by atoms with E-state index in [4.69, 9.17) is 0 Å². The number of alkyl halides is 3. The lowest BCUT2D eigenvalue weighted by molar-refractivity contribution is -0.297. The molecule has 1 N–H and O–H groups in total. The molecule has 2 aromatic rings. The first-order valence-corrected chi connectivity index (χ1v) is 7.09. The third kappa shape index (κ3) is 2.98. The fourth-order valence-electron chi connectivity index (χ4n) is 2.39. The fraction of sp³-hybridized carbons (Fsp3) is 0.188. The SMILES string of the molecule is O=C(c1cccnc1)N1N=C(c2ccc(F)cc2)C[C@@]1(O)C(F)(F)F. The first kappa shape index (κ1) is 17.0. The number of aliphatic hydroxyl groups is 1. The summed E-state index contributed by atoms with van der Waals surface area (Å²) < 4.78 is 53.3. The number of benzene rings is 1. The lowest BCUT2D eigenvalue weighted by Gasteiger charge is -2.32. The van der Waals surface area contributed by atoms with Gasteiger partial charge in [0, 0.05) is 12.4 Å². The van der Waals surface area contributed by atoms with Crippen molar-refractivity contribution in [3.8, 4) is 0 Å². The average Bonchev–Trinajstić information content (AvgIpc) is 2.94. The molecular formula is C16H11F4N3O2. The van der Waals surface area contributed by atoms with E-state index in [1.807, 2.05) is 0 Å². The van der Waals surface area contributed by atoms with Crippen molar-refractivity contribution >= 4 is 11.6 Å². The zero-order valence-corrected chi connectivity index (χ0v) is 12.5. The lowest BCUT2D eigenvalue weighted by Crippen LogP contribution is -2.56. The minimum atomic E-state index is -5.14. The molecule has 5 nitrogen and oxygen atoms in total. The van der Waals surface area contributed by atoms with Crippen LogP contribution in [0.5, 0.6) is 0 Å². The minimum Gasteiger partial charge on any atom is -0.362 e. The van der Waals surface area contributed by atoms with Gasteiger partial charge in [0.1, 0.15) is 5.82 Å². The molecule has 3 rings (SSSR count). The number of rotatable bonds is 2. The standard InChI is InChI=1S/C16H11F4N3O2/c17-12-5-3-10(4-6-12)13-8-15(25,16(18,19)20)23(22-13)14(24)11-2-1-7-21-9-11/h1-7,9,25H,8H2/t15-/m1/s1. The van der Waals surface area contributed by atoms with E-state index in [9.17, 15) is 27.5 Å². The van der Waals surface area contributed by atoms with Crippen LogP contribution in [0.3, 0.4) is 0 Å². The maximum absolute atomic E-state index is 13.4. The fourth-order valence-corrected chi connectivity index (χ4v) is 2.39. The number of hydrogen-bond donors (Lipinski definition) is 1. The van der Waals surface area contributed by atoms with E-state index in [-0.39, 0.29) is 21.8 Å². The van der Waals surface area contributed by atoms with E-state index >= 15 is 0 Å². The highest BCUT2D eigenvalue weighted by molar-refractivity contribution is 6.05. The van der Waals surface area contributed by atoms with Gasteiger partial charge in [0.05, 0.1) is 17.7 Å². The summed E-state index contributed by atoms with van der Waals surface area (Å²) in [5, 5.41) is 13.8. The zero-order chi connectivity index (χ0) is 18.2. The zero-order valence-electron chi connectivity index (χ0n) is 12.5. The van der Waals surface area contributed by atoms with Crippen LogP contribution in [-0.2, 0) is 0 Å². The normalized spacial score (nSPS) is 20.5. The number of aromatic nitrogens is 1. The number of hydrogen-bond acceptors (Lipinski definition) is 4. The van der Waals surface area contributed by atoms with Gasteiger partial charge >= 0.3 is 6.18 Å². The van der Waals surface area contributed by atoms with Crippen LogP contribution in [-0.4, -0.2) is 38.6 Å². The molecule has 1 aromatic heterocycles. The molecule has 1 atom stereocenters. The molecule has 0 unspecified atom stereocenters. The van der Waals surface area contributed by atoms with Crippen LogP contribution in [0.2, 0.25) is 0 Å². The van der Waals surface area contributed by atoms with Gasteiger partial charge in [-0.1, -0.05) is 12.1 Å². The number of amides is 1. The van der Waals surface area contributed by atoms with Crippen molar-refractivity contribution in [3.63, 3.8) is 0 Å². The van der Waals surface area contributed by atoms with Gasteiger partial charge in [0.2, 0.25) is 0 Å². The number of pyridine rings is 1. The summed E-state index contributed by atoms with van der Waals surface area (Å²) in [4.78, 5) is 16.1. The Labute approximate surface area is 139 Å². The minimum absolute atomic E-state index is 0.00268. The number of nitrogens with zero attached hydrogens (tertiary/aromatic N) is 3. The second kappa shape index (κ2) is 5.92. The van der Waals surface area contributed by atoms with Crippen LogP contribution in [0.15, 0.2) is 53.9 Å². The van der Waals surface area contributed by atoms with E-state index in [1.54, 1.807) is 0 Å². The van der Waals surface area contributed by atoms with Crippen molar-refractivity contribution < 1.29 is 27.5 Å². The first-order chi connectivity index (χ1) is 11.7. The van der Waals surface area contributed by atoms with Crippen molar-refractivity contribution in [2.75, 3.05) is 0 Å². The molecule has 1 amide bonds. The summed E-state index contributed by atoms with van der Waals surface area (Å²) in [6.07, 6.45) is -3.68. The number of carbonyl (C=O) groups excluding carboxylic acids is 1. The van der Waals surface area contributed by atoms with E-state index in [1.165, 1.54) is 30.5 Å². The Hall–Kier alpha value is -2.81. The van der Waals surface area contributed by atoms with E-state index in [0.29, 0.717) is 0 Å². The quantitative estimate of drug-likeness (QED) is 0.845. The third-order valence-corrected chi connectivity index (χ3v) is 3.72. The molecule has 0 spiro atoms. The molecule has 0 saturated heterocycles. The molecule has 130 valence electrons. The molecule has 0 bridgehead atoms. The highest BCUT2D eigenvalue weighted by atomic mass is 19.4. The Morgan fingerprint density at radius 3 is 2.44 bits per heavy atom. The van der Waals surface area contributed by atoms with Crippen molar-refractivity contribution in [1.82, 2.24) is 9.99 Å².